The zero-order valence-corrected chi connectivity index (χ0v) is 17.5. The van der Waals surface area contributed by atoms with Gasteiger partial charge in [0.15, 0.2) is 0 Å². The van der Waals surface area contributed by atoms with Crippen molar-refractivity contribution in [2.24, 2.45) is 13.0 Å². The van der Waals surface area contributed by atoms with Crippen molar-refractivity contribution in [3.8, 4) is 11.3 Å². The molecule has 1 aromatic heterocycles. The maximum absolute atomic E-state index is 8.84. The van der Waals surface area contributed by atoms with Crippen molar-refractivity contribution >= 4 is 17.7 Å². The van der Waals surface area contributed by atoms with E-state index in [0.717, 1.165) is 15.5 Å². The molecule has 0 unspecified atom stereocenters. The van der Waals surface area contributed by atoms with Crippen molar-refractivity contribution in [1.82, 2.24) is 0 Å². The average Bonchev–Trinajstić information content (AvgIpc) is 2.52. The van der Waals surface area contributed by atoms with Crippen molar-refractivity contribution < 1.29 is 11.4 Å². The minimum absolute atomic E-state index is 0.241. The Morgan fingerprint density at radius 1 is 1.22 bits per heavy atom. The number of hydrogen-bond donors (Lipinski definition) is 0. The van der Waals surface area contributed by atoms with Gasteiger partial charge in [0.25, 0.3) is 0 Å². The van der Waals surface area contributed by atoms with E-state index in [1.54, 1.807) is 11.6 Å². The molecule has 1 aromatic carbocycles. The molecule has 1 heterocycles. The fraction of sp³-hybridized carbons (Fsp3) is 0.476. The number of pyridine rings is 1. The number of hydrogen-bond acceptors (Lipinski definition) is 0. The number of nitrogens with zero attached hydrogens (tertiary/aromatic N) is 1. The van der Waals surface area contributed by atoms with Crippen LogP contribution in [0.1, 0.15) is 37.5 Å². The second-order valence-electron chi connectivity index (χ2n) is 7.59. The first-order valence-corrected chi connectivity index (χ1v) is 15.6. The number of aromatic nitrogens is 1. The van der Waals surface area contributed by atoms with Gasteiger partial charge in [0.2, 0.25) is 0 Å². The molecule has 0 aliphatic carbocycles. The van der Waals surface area contributed by atoms with E-state index in [1.165, 1.54) is 0 Å². The summed E-state index contributed by atoms with van der Waals surface area (Å²) in [6.07, 6.45) is -1.58. The first kappa shape index (κ1) is 12.3. The fourth-order valence-corrected chi connectivity index (χ4v) is 5.96. The van der Waals surface area contributed by atoms with Crippen LogP contribution in [0.25, 0.3) is 11.3 Å². The summed E-state index contributed by atoms with van der Waals surface area (Å²) in [7, 11) is 1.78. The molecule has 2 heteroatoms. The zero-order valence-electron chi connectivity index (χ0n) is 20.4. The van der Waals surface area contributed by atoms with Crippen molar-refractivity contribution in [1.29, 1.82) is 0 Å². The van der Waals surface area contributed by atoms with E-state index in [-0.39, 0.29) is 5.92 Å². The number of benzene rings is 1. The van der Waals surface area contributed by atoms with Crippen LogP contribution < -0.4 is 8.96 Å². The molecule has 124 valence electrons. The molecule has 0 saturated carbocycles. The van der Waals surface area contributed by atoms with E-state index in [1.807, 2.05) is 51.1 Å². The third-order valence-corrected chi connectivity index (χ3v) is 8.31. The van der Waals surface area contributed by atoms with Gasteiger partial charge in [-0.25, -0.2) is 0 Å². The van der Waals surface area contributed by atoms with Crippen LogP contribution in [-0.4, -0.2) is 13.3 Å². The van der Waals surface area contributed by atoms with Gasteiger partial charge < -0.3 is 0 Å². The second kappa shape index (κ2) is 6.80. The van der Waals surface area contributed by atoms with Crippen LogP contribution in [0.4, 0.5) is 0 Å². The summed E-state index contributed by atoms with van der Waals surface area (Å²) in [5, 5.41) is 0. The molecule has 0 amide bonds. The summed E-state index contributed by atoms with van der Waals surface area (Å²) in [4.78, 5) is 0. The summed E-state index contributed by atoms with van der Waals surface area (Å²) in [6.45, 7) is 3.46. The maximum atomic E-state index is 8.84. The van der Waals surface area contributed by atoms with Crippen molar-refractivity contribution in [3.63, 3.8) is 0 Å². The molecule has 0 bridgehead atoms. The number of rotatable bonds is 4. The van der Waals surface area contributed by atoms with Gasteiger partial charge in [-0.15, -0.1) is 0 Å². The van der Waals surface area contributed by atoms with Crippen molar-refractivity contribution in [2.75, 3.05) is 0 Å². The normalized spacial score (nSPS) is 16.4. The van der Waals surface area contributed by atoms with E-state index in [0.29, 0.717) is 17.0 Å². The molecule has 0 radical (unpaired) electrons. The predicted molar refractivity (Wildman–Crippen MR) is 104 cm³/mol. The molecule has 0 spiro atoms. The van der Waals surface area contributed by atoms with Crippen molar-refractivity contribution in [3.05, 3.63) is 47.2 Å². The molecule has 23 heavy (non-hydrogen) atoms. The molecule has 1 nitrogen and oxygen atoms in total. The molecular formula is C21H32GeN+. The van der Waals surface area contributed by atoms with Gasteiger partial charge in [-0.1, -0.05) is 0 Å². The first-order valence-electron chi connectivity index (χ1n) is 10.7. The predicted octanol–water partition coefficient (Wildman–Crippen LogP) is 4.54. The number of aryl methyl sites for hydroxylation is 1. The van der Waals surface area contributed by atoms with Crippen LogP contribution in [0.15, 0.2) is 30.3 Å². The third kappa shape index (κ3) is 3.88. The standard InChI is InChI=1S/C21H32GeN/c1-15(2)13-18-14-20(22(5,6)7)17(4)23(8)21(18)19-12-10-9-11-16(19)3/h9-12,14-15H,13H2,1-8H3/q+1/i4D3,13D2. The van der Waals surface area contributed by atoms with E-state index >= 15 is 0 Å². The van der Waals surface area contributed by atoms with Crippen LogP contribution >= 0.6 is 0 Å². The Hall–Kier alpha value is -1.09. The summed E-state index contributed by atoms with van der Waals surface area (Å²) in [5.74, 6) is 6.24. The van der Waals surface area contributed by atoms with E-state index in [4.69, 9.17) is 6.85 Å². The fourth-order valence-electron chi connectivity index (χ4n) is 2.91. The van der Waals surface area contributed by atoms with Gasteiger partial charge in [0.05, 0.1) is 0 Å². The Bertz CT molecular complexity index is 880. The summed E-state index contributed by atoms with van der Waals surface area (Å²) >= 11 is -2.61. The van der Waals surface area contributed by atoms with Gasteiger partial charge in [-0.05, 0) is 0 Å². The topological polar surface area (TPSA) is 3.88 Å². The van der Waals surface area contributed by atoms with Crippen LogP contribution in [0.2, 0.25) is 17.3 Å². The molecule has 0 atom stereocenters. The Kier molecular flexibility index (Phi) is 3.64. The van der Waals surface area contributed by atoms with E-state index in [2.05, 4.69) is 17.3 Å². The Labute approximate surface area is 152 Å². The SMILES string of the molecule is [2H]C([2H])([2H])c1[c]([Ge]([CH3])([CH3])[CH3])cc(C([2H])([2H])C(C)C)c(-c2ccccc2C)[n+]1C. The van der Waals surface area contributed by atoms with Crippen LogP contribution in [0.3, 0.4) is 0 Å². The van der Waals surface area contributed by atoms with E-state index < -0.39 is 26.5 Å². The van der Waals surface area contributed by atoms with Crippen LogP contribution in [0, 0.1) is 19.7 Å². The first-order chi connectivity index (χ1) is 12.6. The van der Waals surface area contributed by atoms with Gasteiger partial charge in [-0.2, -0.15) is 0 Å². The Morgan fingerprint density at radius 2 is 1.87 bits per heavy atom. The van der Waals surface area contributed by atoms with Crippen molar-refractivity contribution in [2.45, 2.75) is 51.3 Å². The zero-order chi connectivity index (χ0) is 21.7. The summed E-state index contributed by atoms with van der Waals surface area (Å²) < 4.78 is 44.9. The molecule has 0 fully saturated rings. The quantitative estimate of drug-likeness (QED) is 0.545. The molecule has 0 aliphatic heterocycles. The Morgan fingerprint density at radius 3 is 2.39 bits per heavy atom. The van der Waals surface area contributed by atoms with Gasteiger partial charge >= 0.3 is 152 Å². The van der Waals surface area contributed by atoms with Gasteiger partial charge in [0, 0.05) is 0 Å². The average molecular weight is 376 g/mol. The second-order valence-corrected chi connectivity index (χ2v) is 18.2. The van der Waals surface area contributed by atoms with Gasteiger partial charge in [0.1, 0.15) is 0 Å². The third-order valence-electron chi connectivity index (χ3n) is 4.12. The molecule has 0 N–H and O–H groups in total. The minimum atomic E-state index is -2.61. The monoisotopic (exact) mass is 377 g/mol. The van der Waals surface area contributed by atoms with Crippen LogP contribution in [0.5, 0.6) is 0 Å². The van der Waals surface area contributed by atoms with E-state index in [9.17, 15) is 0 Å². The summed E-state index contributed by atoms with van der Waals surface area (Å²) in [6, 6.07) is 9.67. The molecule has 2 aromatic rings. The molecule has 0 aliphatic rings. The molecule has 2 rings (SSSR count). The summed E-state index contributed by atoms with van der Waals surface area (Å²) in [5.41, 5.74) is 3.48. The molecular weight excluding hydrogens is 339 g/mol. The van der Waals surface area contributed by atoms with Crippen LogP contribution in [-0.2, 0) is 13.4 Å². The van der Waals surface area contributed by atoms with Gasteiger partial charge in [-0.3, -0.25) is 0 Å². The molecule has 0 saturated heterocycles. The Balaban J connectivity index is 3.11.